The summed E-state index contributed by atoms with van der Waals surface area (Å²) < 4.78 is 10.9. The molecule has 25 heavy (non-hydrogen) atoms. The number of amides is 1. The average molecular weight is 341 g/mol. The highest BCUT2D eigenvalue weighted by atomic mass is 16.5. The Kier molecular flexibility index (Phi) is 4.34. The molecule has 0 spiro atoms. The lowest BCUT2D eigenvalue weighted by Crippen LogP contribution is -2.40. The van der Waals surface area contributed by atoms with Gasteiger partial charge in [0.25, 0.3) is 5.91 Å². The number of carbonyl (C=O) groups excluding carboxylic acids is 1. The molecule has 0 aliphatic carbocycles. The third-order valence-electron chi connectivity index (χ3n) is 5.74. The van der Waals surface area contributed by atoms with Gasteiger partial charge in [0, 0.05) is 31.9 Å². The van der Waals surface area contributed by atoms with Crippen LogP contribution in [0.15, 0.2) is 33.5 Å². The van der Waals surface area contributed by atoms with Gasteiger partial charge in [-0.25, -0.2) is 4.79 Å². The normalized spacial score (nSPS) is 21.8. The lowest BCUT2D eigenvalue weighted by molar-refractivity contribution is 0.0612. The Morgan fingerprint density at radius 3 is 2.48 bits per heavy atom. The van der Waals surface area contributed by atoms with Crippen molar-refractivity contribution in [2.45, 2.75) is 26.2 Å². The van der Waals surface area contributed by atoms with E-state index in [1.54, 1.807) is 12.1 Å². The van der Waals surface area contributed by atoms with Gasteiger partial charge in [-0.3, -0.25) is 4.79 Å². The van der Waals surface area contributed by atoms with Gasteiger partial charge in [0.1, 0.15) is 0 Å². The molecule has 2 aromatic rings. The van der Waals surface area contributed by atoms with Gasteiger partial charge in [-0.2, -0.15) is 0 Å². The number of likely N-dealkylation sites (tertiary alicyclic amines) is 1. The van der Waals surface area contributed by atoms with Crippen molar-refractivity contribution >= 4 is 16.7 Å². The van der Waals surface area contributed by atoms with Crippen molar-refractivity contribution in [3.8, 4) is 0 Å². The highest BCUT2D eigenvalue weighted by molar-refractivity contribution is 5.98. The van der Waals surface area contributed by atoms with Gasteiger partial charge in [-0.15, -0.1) is 0 Å². The van der Waals surface area contributed by atoms with Crippen molar-refractivity contribution < 1.29 is 13.9 Å². The van der Waals surface area contributed by atoms with Crippen LogP contribution in [-0.4, -0.2) is 37.1 Å². The van der Waals surface area contributed by atoms with Crippen molar-refractivity contribution in [1.82, 2.24) is 4.90 Å². The van der Waals surface area contributed by atoms with Crippen LogP contribution < -0.4 is 5.63 Å². The third-order valence-corrected chi connectivity index (χ3v) is 5.74. The maximum absolute atomic E-state index is 12.9. The zero-order valence-electron chi connectivity index (χ0n) is 14.5. The second kappa shape index (κ2) is 6.64. The molecule has 2 aliphatic rings. The number of hydrogen-bond donors (Lipinski definition) is 0. The Balaban J connectivity index is 1.55. The zero-order chi connectivity index (χ0) is 17.4. The Bertz CT molecular complexity index is 842. The molecule has 1 amide bonds. The summed E-state index contributed by atoms with van der Waals surface area (Å²) in [6.45, 7) is 5.01. The van der Waals surface area contributed by atoms with Crippen LogP contribution in [0.1, 0.15) is 35.4 Å². The Hall–Kier alpha value is -2.14. The summed E-state index contributed by atoms with van der Waals surface area (Å²) in [6, 6.07) is 7.28. The molecule has 4 rings (SSSR count). The molecule has 2 aliphatic heterocycles. The molecule has 0 bridgehead atoms. The minimum atomic E-state index is -0.442. The van der Waals surface area contributed by atoms with Gasteiger partial charge >= 0.3 is 5.63 Å². The first-order valence-corrected chi connectivity index (χ1v) is 9.04. The smallest absolute Gasteiger partial charge is 0.344 e. The van der Waals surface area contributed by atoms with E-state index in [1.165, 1.54) is 0 Å². The number of nitrogens with zero attached hydrogens (tertiary/aromatic N) is 1. The number of piperidine rings is 1. The van der Waals surface area contributed by atoms with Crippen molar-refractivity contribution in [2.24, 2.45) is 11.8 Å². The van der Waals surface area contributed by atoms with Gasteiger partial charge in [0.15, 0.2) is 5.76 Å². The molecule has 0 saturated carbocycles. The third kappa shape index (κ3) is 2.97. The number of fused-ring (bicyclic) bond motifs is 1. The first-order valence-electron chi connectivity index (χ1n) is 9.04. The van der Waals surface area contributed by atoms with E-state index in [1.807, 2.05) is 24.0 Å². The molecule has 5 heteroatoms. The lowest BCUT2D eigenvalue weighted by Gasteiger charge is -2.34. The highest BCUT2D eigenvalue weighted by Crippen LogP contribution is 2.31. The molecule has 132 valence electrons. The second-order valence-electron chi connectivity index (χ2n) is 7.14. The molecule has 1 aromatic carbocycles. The summed E-state index contributed by atoms with van der Waals surface area (Å²) >= 11 is 0. The summed E-state index contributed by atoms with van der Waals surface area (Å²) in [7, 11) is 0. The average Bonchev–Trinajstić information content (AvgIpc) is 3.19. The Morgan fingerprint density at radius 1 is 1.08 bits per heavy atom. The van der Waals surface area contributed by atoms with Crippen molar-refractivity contribution in [2.75, 3.05) is 26.3 Å². The molecule has 2 fully saturated rings. The number of rotatable bonds is 2. The molecule has 5 nitrogen and oxygen atoms in total. The largest absolute Gasteiger partial charge is 0.417 e. The number of ether oxygens (including phenoxy) is 1. The fourth-order valence-corrected chi connectivity index (χ4v) is 4.18. The SMILES string of the molecule is Cc1c(C(=O)N2CCC([C@H]3CCOC3)CC2)oc(=O)c2ccccc12. The molecular formula is C20H23NO4. The number of aryl methyl sites for hydroxylation is 1. The highest BCUT2D eigenvalue weighted by Gasteiger charge is 2.32. The molecule has 0 radical (unpaired) electrons. The van der Waals surface area contributed by atoms with Crippen LogP contribution in [0.3, 0.4) is 0 Å². The molecule has 3 heterocycles. The van der Waals surface area contributed by atoms with Crippen LogP contribution in [-0.2, 0) is 4.74 Å². The van der Waals surface area contributed by atoms with Crippen LogP contribution in [0, 0.1) is 18.8 Å². The van der Waals surface area contributed by atoms with E-state index < -0.39 is 5.63 Å². The maximum Gasteiger partial charge on any atom is 0.344 e. The minimum absolute atomic E-state index is 0.165. The van der Waals surface area contributed by atoms with Crippen LogP contribution in [0.25, 0.3) is 10.8 Å². The van der Waals surface area contributed by atoms with Gasteiger partial charge < -0.3 is 14.1 Å². The number of hydrogen-bond acceptors (Lipinski definition) is 4. The van der Waals surface area contributed by atoms with Crippen LogP contribution in [0.2, 0.25) is 0 Å². The fourth-order valence-electron chi connectivity index (χ4n) is 4.18. The Morgan fingerprint density at radius 2 is 1.80 bits per heavy atom. The number of benzene rings is 1. The maximum atomic E-state index is 12.9. The molecule has 1 aromatic heterocycles. The van der Waals surface area contributed by atoms with Gasteiger partial charge in [-0.05, 0) is 49.5 Å². The van der Waals surface area contributed by atoms with E-state index in [9.17, 15) is 9.59 Å². The van der Waals surface area contributed by atoms with Crippen LogP contribution in [0.4, 0.5) is 0 Å². The lowest BCUT2D eigenvalue weighted by atomic mass is 9.84. The Labute approximate surface area is 146 Å². The van der Waals surface area contributed by atoms with Crippen molar-refractivity contribution in [3.63, 3.8) is 0 Å². The molecule has 2 saturated heterocycles. The van der Waals surface area contributed by atoms with E-state index in [-0.39, 0.29) is 11.7 Å². The summed E-state index contributed by atoms with van der Waals surface area (Å²) in [5.74, 6) is 1.29. The molecule has 0 N–H and O–H groups in total. The van der Waals surface area contributed by atoms with E-state index in [4.69, 9.17) is 9.15 Å². The van der Waals surface area contributed by atoms with E-state index in [2.05, 4.69) is 0 Å². The summed E-state index contributed by atoms with van der Waals surface area (Å²) in [5, 5.41) is 1.32. The molecule has 1 atom stereocenters. The van der Waals surface area contributed by atoms with Crippen LogP contribution >= 0.6 is 0 Å². The van der Waals surface area contributed by atoms with Gasteiger partial charge in [0.05, 0.1) is 5.39 Å². The first-order chi connectivity index (χ1) is 12.1. The van der Waals surface area contributed by atoms with E-state index >= 15 is 0 Å². The minimum Gasteiger partial charge on any atom is -0.417 e. The topological polar surface area (TPSA) is 59.8 Å². The fraction of sp³-hybridized carbons (Fsp3) is 0.500. The standard InChI is InChI=1S/C20H23NO4/c1-13-16-4-2-3-5-17(16)20(23)25-18(13)19(22)21-9-6-14(7-10-21)15-8-11-24-12-15/h2-5,14-15H,6-12H2,1H3/t15-/m0/s1. The van der Waals surface area contributed by atoms with E-state index in [0.717, 1.165) is 56.5 Å². The first kappa shape index (κ1) is 16.3. The molecular weight excluding hydrogens is 318 g/mol. The zero-order valence-corrected chi connectivity index (χ0v) is 14.5. The summed E-state index contributed by atoms with van der Waals surface area (Å²) in [5.41, 5.74) is 0.300. The monoisotopic (exact) mass is 341 g/mol. The van der Waals surface area contributed by atoms with E-state index in [0.29, 0.717) is 17.2 Å². The molecule has 0 unspecified atom stereocenters. The van der Waals surface area contributed by atoms with Gasteiger partial charge in [0.2, 0.25) is 0 Å². The predicted octanol–water partition coefficient (Wildman–Crippen LogP) is 2.99. The second-order valence-corrected chi connectivity index (χ2v) is 7.14. The predicted molar refractivity (Wildman–Crippen MR) is 94.8 cm³/mol. The summed E-state index contributed by atoms with van der Waals surface area (Å²) in [4.78, 5) is 27.0. The van der Waals surface area contributed by atoms with Crippen molar-refractivity contribution in [3.05, 3.63) is 46.0 Å². The van der Waals surface area contributed by atoms with Crippen molar-refractivity contribution in [1.29, 1.82) is 0 Å². The van der Waals surface area contributed by atoms with Crippen LogP contribution in [0.5, 0.6) is 0 Å². The van der Waals surface area contributed by atoms with Gasteiger partial charge in [-0.1, -0.05) is 18.2 Å². The summed E-state index contributed by atoms with van der Waals surface area (Å²) in [6.07, 6.45) is 3.13. The quantitative estimate of drug-likeness (QED) is 0.842. The number of carbonyl (C=O) groups is 1.